The van der Waals surface area contributed by atoms with Gasteiger partial charge in [0, 0.05) is 0 Å². The summed E-state index contributed by atoms with van der Waals surface area (Å²) in [7, 11) is 0. The van der Waals surface area contributed by atoms with Crippen LogP contribution in [0.4, 0.5) is 11.6 Å². The number of hydrogen-bond acceptors (Lipinski definition) is 10. The lowest BCUT2D eigenvalue weighted by atomic mass is 10.1. The minimum Gasteiger partial charge on any atom is -0.394 e. The second-order valence-corrected chi connectivity index (χ2v) is 5.73. The zero-order chi connectivity index (χ0) is 17.6. The number of aromatic nitrogens is 3. The smallest absolute Gasteiger partial charge is 0.166 e. The number of anilines is 2. The van der Waals surface area contributed by atoms with Crippen molar-refractivity contribution in [3.05, 3.63) is 11.9 Å². The van der Waals surface area contributed by atoms with Crippen LogP contribution in [-0.2, 0) is 4.74 Å². The second-order valence-electron chi connectivity index (χ2n) is 5.29. The predicted octanol–water partition coefficient (Wildman–Crippen LogP) is -2.46. The summed E-state index contributed by atoms with van der Waals surface area (Å²) < 4.78 is 6.92. The first-order valence-corrected chi connectivity index (χ1v) is 7.36. The molecule has 12 heteroatoms. The van der Waals surface area contributed by atoms with Gasteiger partial charge in [0.2, 0.25) is 0 Å². The molecule has 130 valence electrons. The Labute approximate surface area is 141 Å². The first kappa shape index (κ1) is 16.8. The first-order valence-electron chi connectivity index (χ1n) is 6.95. The third-order valence-corrected chi connectivity index (χ3v) is 4.17. The lowest BCUT2D eigenvalue weighted by Crippen LogP contribution is -2.33. The number of ether oxygens (including phenoxy) is 1. The van der Waals surface area contributed by atoms with E-state index in [-0.39, 0.29) is 22.3 Å². The van der Waals surface area contributed by atoms with Crippen molar-refractivity contribution in [1.29, 1.82) is 0 Å². The van der Waals surface area contributed by atoms with Gasteiger partial charge < -0.3 is 36.9 Å². The number of hydrazine groups is 1. The molecule has 0 aliphatic carbocycles. The largest absolute Gasteiger partial charge is 0.394 e. The van der Waals surface area contributed by atoms with Gasteiger partial charge in [0.05, 0.1) is 17.6 Å². The fourth-order valence-electron chi connectivity index (χ4n) is 2.88. The molecular weight excluding hydrogens is 338 g/mol. The quantitative estimate of drug-likeness (QED) is 0.175. The molecule has 1 aliphatic heterocycles. The van der Waals surface area contributed by atoms with E-state index in [1.807, 2.05) is 0 Å². The number of nitrogens with one attached hydrogen (secondary N) is 1. The number of fused-ring (bicyclic) bond motifs is 1. The van der Waals surface area contributed by atoms with Gasteiger partial charge in [0.25, 0.3) is 0 Å². The molecule has 10 N–H and O–H groups in total. The van der Waals surface area contributed by atoms with E-state index in [4.69, 9.17) is 34.3 Å². The maximum Gasteiger partial charge on any atom is 0.166 e. The van der Waals surface area contributed by atoms with Crippen LogP contribution in [-0.4, -0.2) is 59.8 Å². The Kier molecular flexibility index (Phi) is 4.25. The highest BCUT2D eigenvalue weighted by atomic mass is 32.1. The van der Waals surface area contributed by atoms with Gasteiger partial charge in [-0.2, -0.15) is 0 Å². The summed E-state index contributed by atoms with van der Waals surface area (Å²) >= 11 is 5.05. The molecule has 1 aliphatic rings. The molecule has 24 heavy (non-hydrogen) atoms. The number of hydrogen-bond donors (Lipinski definition) is 7. The molecule has 3 rings (SSSR count). The standard InChI is InChI=1S/C12H17N7O4S/c13-8-4-5(9(14)24)11(18-15)19(10(4)17-2-16-8)12-7(22)6(21)3(1-20)23-12/h2-3,6-7,12,18,20-22H,1,15H2,(H2,14,24)(H2,13,16,17)/t3-,6-,7-,12-/m1/s1. The molecule has 0 amide bonds. The first-order chi connectivity index (χ1) is 11.4. The summed E-state index contributed by atoms with van der Waals surface area (Å²) in [5, 5.41) is 29.9. The highest BCUT2D eigenvalue weighted by Gasteiger charge is 2.45. The molecule has 1 saturated heterocycles. The molecule has 1 fully saturated rings. The van der Waals surface area contributed by atoms with E-state index in [0.29, 0.717) is 10.9 Å². The summed E-state index contributed by atoms with van der Waals surface area (Å²) in [5.74, 6) is 5.90. The molecule has 3 heterocycles. The number of aliphatic hydroxyl groups is 3. The highest BCUT2D eigenvalue weighted by molar-refractivity contribution is 7.80. The van der Waals surface area contributed by atoms with Crippen molar-refractivity contribution in [3.8, 4) is 0 Å². The van der Waals surface area contributed by atoms with Crippen molar-refractivity contribution in [2.24, 2.45) is 11.6 Å². The number of nitrogen functional groups attached to an aromatic ring is 2. The molecule has 0 saturated carbocycles. The molecule has 4 atom stereocenters. The molecule has 2 aromatic heterocycles. The number of nitrogens with two attached hydrogens (primary N) is 3. The Balaban J connectivity index is 2.29. The fraction of sp³-hybridized carbons (Fsp3) is 0.417. The van der Waals surface area contributed by atoms with Crippen molar-refractivity contribution in [2.75, 3.05) is 17.8 Å². The predicted molar refractivity (Wildman–Crippen MR) is 88.6 cm³/mol. The minimum absolute atomic E-state index is 0.0139. The van der Waals surface area contributed by atoms with Crippen LogP contribution in [0.1, 0.15) is 11.8 Å². The van der Waals surface area contributed by atoms with Crippen LogP contribution in [0.5, 0.6) is 0 Å². The van der Waals surface area contributed by atoms with Crippen LogP contribution in [0.2, 0.25) is 0 Å². The van der Waals surface area contributed by atoms with Gasteiger partial charge in [0.1, 0.15) is 46.9 Å². The van der Waals surface area contributed by atoms with Crippen LogP contribution in [0, 0.1) is 0 Å². The molecule has 0 bridgehead atoms. The summed E-state index contributed by atoms with van der Waals surface area (Å²) in [4.78, 5) is 8.03. The van der Waals surface area contributed by atoms with Gasteiger partial charge in [-0.15, -0.1) is 0 Å². The van der Waals surface area contributed by atoms with Crippen LogP contribution in [0.15, 0.2) is 6.33 Å². The van der Waals surface area contributed by atoms with Gasteiger partial charge in [-0.1, -0.05) is 12.2 Å². The van der Waals surface area contributed by atoms with Crippen LogP contribution < -0.4 is 22.7 Å². The summed E-state index contributed by atoms with van der Waals surface area (Å²) in [6, 6.07) is 0. The normalized spacial score (nSPS) is 26.8. The summed E-state index contributed by atoms with van der Waals surface area (Å²) in [5.41, 5.74) is 14.7. The molecule has 11 nitrogen and oxygen atoms in total. The number of rotatable bonds is 4. The second kappa shape index (κ2) is 6.08. The number of aliphatic hydroxyl groups excluding tert-OH is 3. The van der Waals surface area contributed by atoms with Gasteiger partial charge in [-0.3, -0.25) is 4.57 Å². The Morgan fingerprint density at radius 3 is 2.62 bits per heavy atom. The Bertz CT molecular complexity index is 797. The maximum absolute atomic E-state index is 10.3. The van der Waals surface area contributed by atoms with E-state index in [0.717, 1.165) is 0 Å². The maximum atomic E-state index is 10.3. The monoisotopic (exact) mass is 355 g/mol. The molecule has 0 spiro atoms. The third kappa shape index (κ3) is 2.28. The van der Waals surface area contributed by atoms with Crippen molar-refractivity contribution in [1.82, 2.24) is 14.5 Å². The average Bonchev–Trinajstić information content (AvgIpc) is 3.03. The SMILES string of the molecule is NNc1c(C(N)=S)c2c(N)ncnc2n1[C@@H]1O[C@H](CO)[C@@H](O)[C@H]1O. The molecular formula is C12H17N7O4S. The minimum atomic E-state index is -1.35. The van der Waals surface area contributed by atoms with E-state index in [1.165, 1.54) is 10.9 Å². The van der Waals surface area contributed by atoms with E-state index < -0.39 is 31.1 Å². The molecule has 2 aromatic rings. The highest BCUT2D eigenvalue weighted by Crippen LogP contribution is 2.39. The van der Waals surface area contributed by atoms with Gasteiger partial charge >= 0.3 is 0 Å². The van der Waals surface area contributed by atoms with E-state index >= 15 is 0 Å². The lowest BCUT2D eigenvalue weighted by molar-refractivity contribution is -0.0499. The lowest BCUT2D eigenvalue weighted by Gasteiger charge is -2.20. The van der Waals surface area contributed by atoms with Crippen molar-refractivity contribution in [3.63, 3.8) is 0 Å². The van der Waals surface area contributed by atoms with E-state index in [1.54, 1.807) is 0 Å². The average molecular weight is 355 g/mol. The summed E-state index contributed by atoms with van der Waals surface area (Å²) in [6.45, 7) is -0.474. The summed E-state index contributed by atoms with van der Waals surface area (Å²) in [6.07, 6.45) is -3.49. The van der Waals surface area contributed by atoms with Crippen LogP contribution >= 0.6 is 12.2 Å². The molecule has 0 unspecified atom stereocenters. The van der Waals surface area contributed by atoms with E-state index in [9.17, 15) is 15.3 Å². The third-order valence-electron chi connectivity index (χ3n) is 3.97. The van der Waals surface area contributed by atoms with Crippen molar-refractivity contribution < 1.29 is 20.1 Å². The van der Waals surface area contributed by atoms with Gasteiger partial charge in [-0.05, 0) is 0 Å². The molecule has 0 aromatic carbocycles. The van der Waals surface area contributed by atoms with E-state index in [2.05, 4.69) is 15.4 Å². The molecule has 0 radical (unpaired) electrons. The van der Waals surface area contributed by atoms with Crippen molar-refractivity contribution >= 4 is 39.9 Å². The Morgan fingerprint density at radius 1 is 1.38 bits per heavy atom. The van der Waals surface area contributed by atoms with Crippen LogP contribution in [0.3, 0.4) is 0 Å². The Hall–Kier alpha value is -2.09. The topological polar surface area (TPSA) is 191 Å². The van der Waals surface area contributed by atoms with Gasteiger partial charge in [-0.25, -0.2) is 15.8 Å². The number of thiocarbonyl (C=S) groups is 1. The van der Waals surface area contributed by atoms with Crippen molar-refractivity contribution in [2.45, 2.75) is 24.5 Å². The van der Waals surface area contributed by atoms with Gasteiger partial charge in [0.15, 0.2) is 6.23 Å². The Morgan fingerprint density at radius 2 is 2.08 bits per heavy atom. The zero-order valence-corrected chi connectivity index (χ0v) is 13.1. The zero-order valence-electron chi connectivity index (χ0n) is 12.3. The van der Waals surface area contributed by atoms with Crippen LogP contribution in [0.25, 0.3) is 11.0 Å². The number of nitrogens with zero attached hydrogens (tertiary/aromatic N) is 3. The fourth-order valence-corrected chi connectivity index (χ4v) is 3.08.